The number of hydrogen-bond donors (Lipinski definition) is 1. The minimum absolute atomic E-state index is 0.141. The summed E-state index contributed by atoms with van der Waals surface area (Å²) in [5.41, 5.74) is 0.325. The van der Waals surface area contributed by atoms with Crippen LogP contribution in [0.4, 0.5) is 5.69 Å². The van der Waals surface area contributed by atoms with Gasteiger partial charge in [-0.15, -0.1) is 0 Å². The van der Waals surface area contributed by atoms with Gasteiger partial charge in [0, 0.05) is 0 Å². The zero-order valence-corrected chi connectivity index (χ0v) is 10.0. The molecule has 0 amide bonds. The van der Waals surface area contributed by atoms with Gasteiger partial charge in [0.15, 0.2) is 0 Å². The van der Waals surface area contributed by atoms with Crippen LogP contribution in [0.5, 0.6) is 0 Å². The Labute approximate surface area is 107 Å². The number of carboxylic acids is 1. The SMILES string of the molecule is CCC(C(=O)O)n1cc(-n2cc([N+](=O)[O-])cn2)cn1. The van der Waals surface area contributed by atoms with Crippen molar-refractivity contribution in [3.63, 3.8) is 0 Å². The third kappa shape index (κ3) is 2.44. The molecule has 0 aromatic carbocycles. The van der Waals surface area contributed by atoms with Gasteiger partial charge in [0.25, 0.3) is 0 Å². The van der Waals surface area contributed by atoms with Crippen molar-refractivity contribution in [1.82, 2.24) is 19.6 Å². The molecule has 19 heavy (non-hydrogen) atoms. The van der Waals surface area contributed by atoms with Crippen LogP contribution in [0.1, 0.15) is 19.4 Å². The van der Waals surface area contributed by atoms with Crippen molar-refractivity contribution in [2.24, 2.45) is 0 Å². The lowest BCUT2D eigenvalue weighted by atomic mass is 10.2. The van der Waals surface area contributed by atoms with Crippen LogP contribution in [-0.2, 0) is 4.79 Å². The maximum absolute atomic E-state index is 11.0. The minimum atomic E-state index is -0.983. The van der Waals surface area contributed by atoms with Crippen molar-refractivity contribution < 1.29 is 14.8 Å². The van der Waals surface area contributed by atoms with Gasteiger partial charge < -0.3 is 5.11 Å². The highest BCUT2D eigenvalue weighted by Crippen LogP contribution is 2.16. The van der Waals surface area contributed by atoms with Crippen LogP contribution in [0, 0.1) is 10.1 Å². The van der Waals surface area contributed by atoms with E-state index in [2.05, 4.69) is 10.2 Å². The molecule has 2 aromatic rings. The molecule has 0 radical (unpaired) electrons. The molecular weight excluding hydrogens is 254 g/mol. The molecule has 2 heterocycles. The number of nitrogens with zero attached hydrogens (tertiary/aromatic N) is 5. The fourth-order valence-corrected chi connectivity index (χ4v) is 1.64. The molecule has 0 fully saturated rings. The van der Waals surface area contributed by atoms with Gasteiger partial charge in [-0.2, -0.15) is 10.2 Å². The molecule has 9 heteroatoms. The Hall–Kier alpha value is -2.71. The number of carbonyl (C=O) groups is 1. The molecule has 9 nitrogen and oxygen atoms in total. The summed E-state index contributed by atoms with van der Waals surface area (Å²) in [5.74, 6) is -0.983. The van der Waals surface area contributed by atoms with E-state index in [0.717, 1.165) is 6.20 Å². The predicted molar refractivity (Wildman–Crippen MR) is 63.0 cm³/mol. The van der Waals surface area contributed by atoms with Crippen LogP contribution in [0.25, 0.3) is 5.69 Å². The number of carboxylic acid groups (broad SMARTS) is 1. The maximum Gasteiger partial charge on any atom is 0.328 e. The first-order valence-electron chi connectivity index (χ1n) is 5.49. The van der Waals surface area contributed by atoms with Gasteiger partial charge in [0.05, 0.1) is 17.3 Å². The van der Waals surface area contributed by atoms with E-state index in [1.54, 1.807) is 6.92 Å². The number of hydrogen-bond acceptors (Lipinski definition) is 5. The van der Waals surface area contributed by atoms with Gasteiger partial charge >= 0.3 is 11.7 Å². The van der Waals surface area contributed by atoms with Gasteiger partial charge in [-0.3, -0.25) is 14.8 Å². The molecule has 2 rings (SSSR count). The number of aliphatic carboxylic acids is 1. The molecular formula is C10H11N5O4. The van der Waals surface area contributed by atoms with Crippen LogP contribution in [-0.4, -0.2) is 35.6 Å². The summed E-state index contributed by atoms with van der Waals surface area (Å²) in [7, 11) is 0. The highest BCUT2D eigenvalue weighted by molar-refractivity contribution is 5.71. The first kappa shape index (κ1) is 12.7. The molecule has 0 spiro atoms. The van der Waals surface area contributed by atoms with E-state index in [4.69, 9.17) is 5.11 Å². The Balaban J connectivity index is 2.29. The van der Waals surface area contributed by atoms with Crippen molar-refractivity contribution in [1.29, 1.82) is 0 Å². The van der Waals surface area contributed by atoms with Crippen molar-refractivity contribution in [2.75, 3.05) is 0 Å². The summed E-state index contributed by atoms with van der Waals surface area (Å²) in [6, 6.07) is -0.765. The second kappa shape index (κ2) is 4.88. The standard InChI is InChI=1S/C10H11N5O4/c1-2-9(10(16)17)14-5-7(3-12-14)13-6-8(4-11-13)15(18)19/h3-6,9H,2H2,1H3,(H,16,17). The highest BCUT2D eigenvalue weighted by Gasteiger charge is 2.19. The molecule has 1 atom stereocenters. The summed E-state index contributed by atoms with van der Waals surface area (Å²) in [6.45, 7) is 1.74. The Kier molecular flexibility index (Phi) is 3.27. The normalized spacial score (nSPS) is 12.3. The summed E-state index contributed by atoms with van der Waals surface area (Å²) in [6.07, 6.45) is 5.63. The maximum atomic E-state index is 11.0. The number of rotatable bonds is 5. The monoisotopic (exact) mass is 265 g/mol. The van der Waals surface area contributed by atoms with Crippen LogP contribution < -0.4 is 0 Å². The van der Waals surface area contributed by atoms with E-state index in [9.17, 15) is 14.9 Å². The van der Waals surface area contributed by atoms with Crippen LogP contribution in [0.2, 0.25) is 0 Å². The van der Waals surface area contributed by atoms with Gasteiger partial charge in [-0.05, 0) is 6.42 Å². The lowest BCUT2D eigenvalue weighted by Gasteiger charge is -2.09. The predicted octanol–water partition coefficient (Wildman–Crippen LogP) is 1.01. The van der Waals surface area contributed by atoms with E-state index in [1.807, 2.05) is 0 Å². The summed E-state index contributed by atoms with van der Waals surface area (Å²) in [4.78, 5) is 21.0. The van der Waals surface area contributed by atoms with Crippen LogP contribution in [0.15, 0.2) is 24.8 Å². The molecule has 100 valence electrons. The van der Waals surface area contributed by atoms with E-state index in [1.165, 1.54) is 28.0 Å². The Morgan fingerprint density at radius 3 is 2.74 bits per heavy atom. The van der Waals surface area contributed by atoms with Gasteiger partial charge in [0.2, 0.25) is 0 Å². The largest absolute Gasteiger partial charge is 0.480 e. The number of aromatic nitrogens is 4. The molecule has 0 aliphatic carbocycles. The average Bonchev–Trinajstić information content (AvgIpc) is 2.96. The molecule has 1 unspecified atom stereocenters. The summed E-state index contributed by atoms with van der Waals surface area (Å²) < 4.78 is 2.57. The fraction of sp³-hybridized carbons (Fsp3) is 0.300. The average molecular weight is 265 g/mol. The van der Waals surface area contributed by atoms with Crippen molar-refractivity contribution >= 4 is 11.7 Å². The lowest BCUT2D eigenvalue weighted by molar-refractivity contribution is -0.384. The molecule has 1 N–H and O–H groups in total. The second-order valence-corrected chi connectivity index (χ2v) is 3.84. The van der Waals surface area contributed by atoms with Crippen molar-refractivity contribution in [3.05, 3.63) is 34.9 Å². The first-order valence-corrected chi connectivity index (χ1v) is 5.49. The molecule has 0 aliphatic heterocycles. The van der Waals surface area contributed by atoms with E-state index >= 15 is 0 Å². The van der Waals surface area contributed by atoms with E-state index < -0.39 is 16.9 Å². The van der Waals surface area contributed by atoms with Crippen LogP contribution >= 0.6 is 0 Å². The van der Waals surface area contributed by atoms with E-state index in [0.29, 0.717) is 12.1 Å². The third-order valence-corrected chi connectivity index (χ3v) is 2.62. The fourth-order valence-electron chi connectivity index (χ4n) is 1.64. The lowest BCUT2D eigenvalue weighted by Crippen LogP contribution is -2.18. The Morgan fingerprint density at radius 1 is 1.47 bits per heavy atom. The summed E-state index contributed by atoms with van der Waals surface area (Å²) in [5, 5.41) is 27.3. The zero-order valence-electron chi connectivity index (χ0n) is 10.0. The quantitative estimate of drug-likeness (QED) is 0.637. The number of nitro groups is 1. The van der Waals surface area contributed by atoms with Crippen molar-refractivity contribution in [3.8, 4) is 5.69 Å². The minimum Gasteiger partial charge on any atom is -0.480 e. The first-order chi connectivity index (χ1) is 9.02. The van der Waals surface area contributed by atoms with Gasteiger partial charge in [-0.25, -0.2) is 9.48 Å². The second-order valence-electron chi connectivity index (χ2n) is 3.84. The molecule has 0 saturated heterocycles. The van der Waals surface area contributed by atoms with Crippen LogP contribution in [0.3, 0.4) is 0 Å². The highest BCUT2D eigenvalue weighted by atomic mass is 16.6. The molecule has 0 bridgehead atoms. The smallest absolute Gasteiger partial charge is 0.328 e. The molecule has 2 aromatic heterocycles. The van der Waals surface area contributed by atoms with E-state index in [-0.39, 0.29) is 5.69 Å². The molecule has 0 saturated carbocycles. The van der Waals surface area contributed by atoms with Crippen molar-refractivity contribution in [2.45, 2.75) is 19.4 Å². The topological polar surface area (TPSA) is 116 Å². The zero-order chi connectivity index (χ0) is 14.0. The Morgan fingerprint density at radius 2 is 2.21 bits per heavy atom. The third-order valence-electron chi connectivity index (χ3n) is 2.62. The van der Waals surface area contributed by atoms with Gasteiger partial charge in [-0.1, -0.05) is 6.92 Å². The Bertz CT molecular complexity index is 617. The van der Waals surface area contributed by atoms with Gasteiger partial charge in [0.1, 0.15) is 24.1 Å². The summed E-state index contributed by atoms with van der Waals surface area (Å²) >= 11 is 0. The molecule has 0 aliphatic rings.